The minimum absolute atomic E-state index is 0.235. The van der Waals surface area contributed by atoms with Gasteiger partial charge in [0.15, 0.2) is 0 Å². The van der Waals surface area contributed by atoms with E-state index in [1.54, 1.807) is 19.1 Å². The maximum absolute atomic E-state index is 11.4. The molecule has 3 amide bonds. The smallest absolute Gasteiger partial charge is 0.308 e. The van der Waals surface area contributed by atoms with Crippen LogP contribution in [-0.4, -0.2) is 23.4 Å². The van der Waals surface area contributed by atoms with Crippen LogP contribution in [0.15, 0.2) is 30.3 Å². The quantitative estimate of drug-likeness (QED) is 0.847. The van der Waals surface area contributed by atoms with E-state index in [0.29, 0.717) is 5.69 Å². The molecule has 0 fully saturated rings. The molecule has 0 heterocycles. The van der Waals surface area contributed by atoms with Gasteiger partial charge in [-0.2, -0.15) is 11.8 Å². The highest BCUT2D eigenvalue weighted by atomic mass is 32.2. The van der Waals surface area contributed by atoms with Crippen LogP contribution in [-0.2, 0) is 4.79 Å². The number of thioether (sulfide) groups is 1. The summed E-state index contributed by atoms with van der Waals surface area (Å²) in [5.41, 5.74) is 0.657. The van der Waals surface area contributed by atoms with E-state index in [1.807, 2.05) is 24.5 Å². The molecule has 0 spiro atoms. The molecule has 4 nitrogen and oxygen atoms in total. The van der Waals surface area contributed by atoms with Crippen LogP contribution in [0.1, 0.15) is 6.92 Å². The van der Waals surface area contributed by atoms with E-state index in [0.717, 1.165) is 0 Å². The van der Waals surface area contributed by atoms with Crippen molar-refractivity contribution in [1.29, 1.82) is 0 Å². The number of benzene rings is 1. The van der Waals surface area contributed by atoms with Crippen LogP contribution in [0.4, 0.5) is 10.5 Å². The van der Waals surface area contributed by atoms with E-state index in [9.17, 15) is 9.59 Å². The Hall–Kier alpha value is -1.49. The maximum Gasteiger partial charge on any atom is 0.325 e. The molecule has 0 unspecified atom stereocenters. The lowest BCUT2D eigenvalue weighted by Crippen LogP contribution is -2.38. The molecular weight excluding hydrogens is 224 g/mol. The first-order valence-electron chi connectivity index (χ1n) is 4.83. The fourth-order valence-electron chi connectivity index (χ4n) is 1.00. The number of carbonyl (C=O) groups is 2. The van der Waals surface area contributed by atoms with Crippen molar-refractivity contribution >= 4 is 29.4 Å². The molecule has 1 aromatic rings. The minimum atomic E-state index is -0.503. The number of nitrogens with one attached hydrogen (secondary N) is 2. The first kappa shape index (κ1) is 12.6. The predicted octanol–water partition coefficient (Wildman–Crippen LogP) is 2.09. The molecule has 0 aliphatic carbocycles. The second-order valence-electron chi connectivity index (χ2n) is 3.19. The van der Waals surface area contributed by atoms with Crippen molar-refractivity contribution in [2.75, 3.05) is 11.6 Å². The van der Waals surface area contributed by atoms with Crippen molar-refractivity contribution in [3.63, 3.8) is 0 Å². The van der Waals surface area contributed by atoms with Crippen molar-refractivity contribution in [3.05, 3.63) is 30.3 Å². The van der Waals surface area contributed by atoms with Crippen molar-refractivity contribution in [3.8, 4) is 0 Å². The second kappa shape index (κ2) is 6.17. The molecule has 0 aromatic heterocycles. The molecule has 16 heavy (non-hydrogen) atoms. The minimum Gasteiger partial charge on any atom is -0.308 e. The SMILES string of the molecule is CS[C@@H](C)C(=O)NC(=O)Nc1ccccc1. The van der Waals surface area contributed by atoms with Crippen LogP contribution in [0.2, 0.25) is 0 Å². The number of hydrogen-bond donors (Lipinski definition) is 2. The number of para-hydroxylation sites is 1. The fraction of sp³-hybridized carbons (Fsp3) is 0.273. The van der Waals surface area contributed by atoms with Crippen molar-refractivity contribution < 1.29 is 9.59 Å². The van der Waals surface area contributed by atoms with Gasteiger partial charge >= 0.3 is 6.03 Å². The molecule has 0 aliphatic heterocycles. The molecule has 86 valence electrons. The summed E-state index contributed by atoms with van der Waals surface area (Å²) in [7, 11) is 0. The number of carbonyl (C=O) groups excluding carboxylic acids is 2. The van der Waals surface area contributed by atoms with Gasteiger partial charge in [-0.3, -0.25) is 10.1 Å². The Morgan fingerprint density at radius 3 is 2.44 bits per heavy atom. The highest BCUT2D eigenvalue weighted by molar-refractivity contribution is 7.99. The third-order valence-electron chi connectivity index (χ3n) is 1.99. The van der Waals surface area contributed by atoms with Crippen LogP contribution < -0.4 is 10.6 Å². The molecule has 0 saturated heterocycles. The lowest BCUT2D eigenvalue weighted by Gasteiger charge is -2.09. The van der Waals surface area contributed by atoms with Crippen molar-refractivity contribution in [1.82, 2.24) is 5.32 Å². The lowest BCUT2D eigenvalue weighted by atomic mass is 10.3. The summed E-state index contributed by atoms with van der Waals surface area (Å²) in [4.78, 5) is 22.8. The van der Waals surface area contributed by atoms with Gasteiger partial charge in [0.2, 0.25) is 5.91 Å². The van der Waals surface area contributed by atoms with E-state index in [-0.39, 0.29) is 11.2 Å². The van der Waals surface area contributed by atoms with E-state index in [4.69, 9.17) is 0 Å². The number of rotatable bonds is 3. The van der Waals surface area contributed by atoms with E-state index >= 15 is 0 Å². The van der Waals surface area contributed by atoms with Gasteiger partial charge < -0.3 is 5.32 Å². The van der Waals surface area contributed by atoms with Crippen LogP contribution in [0.5, 0.6) is 0 Å². The number of imide groups is 1. The number of hydrogen-bond acceptors (Lipinski definition) is 3. The fourth-order valence-corrected chi connectivity index (χ4v) is 1.28. The van der Waals surface area contributed by atoms with Gasteiger partial charge in [0.05, 0.1) is 5.25 Å². The van der Waals surface area contributed by atoms with Crippen LogP contribution in [0.25, 0.3) is 0 Å². The zero-order chi connectivity index (χ0) is 12.0. The normalized spacial score (nSPS) is 11.6. The summed E-state index contributed by atoms with van der Waals surface area (Å²) in [6.45, 7) is 1.75. The molecule has 0 radical (unpaired) electrons. The van der Waals surface area contributed by atoms with E-state index in [2.05, 4.69) is 10.6 Å². The summed E-state index contributed by atoms with van der Waals surface area (Å²) in [5.74, 6) is -0.291. The molecule has 0 aliphatic rings. The molecule has 0 bridgehead atoms. The molecule has 5 heteroatoms. The zero-order valence-corrected chi connectivity index (χ0v) is 10.0. The van der Waals surface area contributed by atoms with Crippen LogP contribution in [0, 0.1) is 0 Å². The standard InChI is InChI=1S/C11H14N2O2S/c1-8(16-2)10(14)13-11(15)12-9-6-4-3-5-7-9/h3-8H,1-2H3,(H2,12,13,14,15)/t8-/m0/s1. The number of urea groups is 1. The first-order valence-corrected chi connectivity index (χ1v) is 6.12. The maximum atomic E-state index is 11.4. The summed E-state index contributed by atoms with van der Waals surface area (Å²) in [6, 6.07) is 8.47. The largest absolute Gasteiger partial charge is 0.325 e. The van der Waals surface area contributed by atoms with E-state index < -0.39 is 6.03 Å². The Labute approximate surface area is 98.8 Å². The molecular formula is C11H14N2O2S. The van der Waals surface area contributed by atoms with Crippen molar-refractivity contribution in [2.45, 2.75) is 12.2 Å². The van der Waals surface area contributed by atoms with Gasteiger partial charge in [-0.1, -0.05) is 18.2 Å². The first-order chi connectivity index (χ1) is 7.63. The van der Waals surface area contributed by atoms with E-state index in [1.165, 1.54) is 11.8 Å². The van der Waals surface area contributed by atoms with Gasteiger partial charge in [0.1, 0.15) is 0 Å². The lowest BCUT2D eigenvalue weighted by molar-refractivity contribution is -0.119. The Bertz CT molecular complexity index is 368. The summed E-state index contributed by atoms with van der Waals surface area (Å²) < 4.78 is 0. The second-order valence-corrected chi connectivity index (χ2v) is 4.37. The number of amides is 3. The highest BCUT2D eigenvalue weighted by Gasteiger charge is 2.14. The monoisotopic (exact) mass is 238 g/mol. The Morgan fingerprint density at radius 2 is 1.88 bits per heavy atom. The Morgan fingerprint density at radius 1 is 1.25 bits per heavy atom. The predicted molar refractivity (Wildman–Crippen MR) is 66.6 cm³/mol. The summed E-state index contributed by atoms with van der Waals surface area (Å²) in [5, 5.41) is 4.61. The Kier molecular flexibility index (Phi) is 4.85. The highest BCUT2D eigenvalue weighted by Crippen LogP contribution is 2.06. The number of anilines is 1. The summed E-state index contributed by atoms with van der Waals surface area (Å²) in [6.07, 6.45) is 1.82. The van der Waals surface area contributed by atoms with Crippen molar-refractivity contribution in [2.24, 2.45) is 0 Å². The van der Waals surface area contributed by atoms with Gasteiger partial charge in [0.25, 0.3) is 0 Å². The summed E-state index contributed by atoms with van der Waals surface area (Å²) >= 11 is 1.39. The zero-order valence-electron chi connectivity index (χ0n) is 9.19. The third-order valence-corrected chi connectivity index (χ3v) is 2.91. The van der Waals surface area contributed by atoms with Gasteiger partial charge in [0, 0.05) is 5.69 Å². The topological polar surface area (TPSA) is 58.2 Å². The van der Waals surface area contributed by atoms with Crippen LogP contribution >= 0.6 is 11.8 Å². The average molecular weight is 238 g/mol. The average Bonchev–Trinajstić information content (AvgIpc) is 2.29. The van der Waals surface area contributed by atoms with Gasteiger partial charge in [-0.15, -0.1) is 0 Å². The molecule has 1 aromatic carbocycles. The molecule has 0 saturated carbocycles. The third kappa shape index (κ3) is 3.94. The molecule has 1 atom stereocenters. The molecule has 1 rings (SSSR count). The van der Waals surface area contributed by atoms with Gasteiger partial charge in [-0.25, -0.2) is 4.79 Å². The van der Waals surface area contributed by atoms with Gasteiger partial charge in [-0.05, 0) is 25.3 Å². The Balaban J connectivity index is 2.46. The molecule has 2 N–H and O–H groups in total. The van der Waals surface area contributed by atoms with Crippen LogP contribution in [0.3, 0.4) is 0 Å².